The quantitative estimate of drug-likeness (QED) is 0.813. The largest absolute Gasteiger partial charge is 0.396 e. The van der Waals surface area contributed by atoms with Gasteiger partial charge in [0, 0.05) is 24.2 Å². The molecule has 2 N–H and O–H groups in total. The smallest absolute Gasteiger partial charge is 0.267 e. The lowest BCUT2D eigenvalue weighted by molar-refractivity contribution is 0.0843. The van der Waals surface area contributed by atoms with Crippen LogP contribution in [-0.4, -0.2) is 28.7 Å². The molecule has 1 aromatic heterocycles. The van der Waals surface area contributed by atoms with Gasteiger partial charge >= 0.3 is 0 Å². The van der Waals surface area contributed by atoms with Gasteiger partial charge < -0.3 is 15.0 Å². The zero-order valence-electron chi connectivity index (χ0n) is 12.2. The maximum absolute atomic E-state index is 12.3. The van der Waals surface area contributed by atoms with E-state index < -0.39 is 0 Å². The molecule has 0 bridgehead atoms. The van der Waals surface area contributed by atoms with Crippen LogP contribution in [-0.2, 0) is 0 Å². The number of amides is 1. The zero-order chi connectivity index (χ0) is 14.8. The van der Waals surface area contributed by atoms with Crippen molar-refractivity contribution < 1.29 is 9.90 Å². The molecule has 4 nitrogen and oxygen atoms in total. The summed E-state index contributed by atoms with van der Waals surface area (Å²) in [6.45, 7) is 4.65. The third-order valence-electron chi connectivity index (χ3n) is 4.45. The van der Waals surface area contributed by atoms with E-state index in [-0.39, 0.29) is 17.9 Å². The molecule has 0 unspecified atom stereocenters. The molecule has 1 aliphatic rings. The van der Waals surface area contributed by atoms with Gasteiger partial charge in [0.15, 0.2) is 0 Å². The number of rotatable bonds is 7. The maximum atomic E-state index is 12.3. The number of carbonyl (C=O) groups is 1. The standard InChI is InChI=1S/C15H23ClN2O2/c1-3-15(4-2,10-19)9-17-14(20)13-7-11(16)8-18(13)12-5-6-12/h7-8,12,19H,3-6,9-10H2,1-2H3,(H,17,20). The van der Waals surface area contributed by atoms with Gasteiger partial charge in [0.25, 0.3) is 5.91 Å². The number of hydrogen-bond donors (Lipinski definition) is 2. The van der Waals surface area contributed by atoms with Crippen LogP contribution in [0.4, 0.5) is 0 Å². The van der Waals surface area contributed by atoms with Crippen LogP contribution in [0.25, 0.3) is 0 Å². The van der Waals surface area contributed by atoms with Gasteiger partial charge in [-0.3, -0.25) is 4.79 Å². The second-order valence-corrected chi connectivity index (χ2v) is 6.17. The predicted molar refractivity (Wildman–Crippen MR) is 80.1 cm³/mol. The molecule has 2 rings (SSSR count). The number of nitrogens with zero attached hydrogens (tertiary/aromatic N) is 1. The second-order valence-electron chi connectivity index (χ2n) is 5.73. The lowest BCUT2D eigenvalue weighted by Gasteiger charge is -2.29. The highest BCUT2D eigenvalue weighted by atomic mass is 35.5. The molecular weight excluding hydrogens is 276 g/mol. The van der Waals surface area contributed by atoms with Gasteiger partial charge in [-0.15, -0.1) is 0 Å². The lowest BCUT2D eigenvalue weighted by atomic mass is 9.83. The molecule has 1 saturated carbocycles. The summed E-state index contributed by atoms with van der Waals surface area (Å²) in [5.41, 5.74) is 0.396. The van der Waals surface area contributed by atoms with Gasteiger partial charge in [-0.05, 0) is 31.7 Å². The summed E-state index contributed by atoms with van der Waals surface area (Å²) in [5.74, 6) is -0.108. The average molecular weight is 299 g/mol. The number of aromatic nitrogens is 1. The van der Waals surface area contributed by atoms with Crippen LogP contribution in [0.1, 0.15) is 56.1 Å². The van der Waals surface area contributed by atoms with E-state index in [1.165, 1.54) is 0 Å². The minimum Gasteiger partial charge on any atom is -0.396 e. The van der Waals surface area contributed by atoms with E-state index in [0.717, 1.165) is 25.7 Å². The Morgan fingerprint density at radius 1 is 1.50 bits per heavy atom. The SMILES string of the molecule is CCC(CC)(CO)CNC(=O)c1cc(Cl)cn1C1CC1. The van der Waals surface area contributed by atoms with Crippen LogP contribution in [0, 0.1) is 5.41 Å². The van der Waals surface area contributed by atoms with Crippen LogP contribution >= 0.6 is 11.6 Å². The number of aliphatic hydroxyl groups excluding tert-OH is 1. The summed E-state index contributed by atoms with van der Waals surface area (Å²) in [5, 5.41) is 13.1. The van der Waals surface area contributed by atoms with Gasteiger partial charge in [0.05, 0.1) is 11.6 Å². The Balaban J connectivity index is 2.05. The molecule has 0 aromatic carbocycles. The monoisotopic (exact) mass is 298 g/mol. The van der Waals surface area contributed by atoms with Gasteiger partial charge in [0.1, 0.15) is 5.69 Å². The first kappa shape index (κ1) is 15.4. The van der Waals surface area contributed by atoms with E-state index in [9.17, 15) is 9.90 Å². The van der Waals surface area contributed by atoms with Crippen molar-refractivity contribution in [2.45, 2.75) is 45.6 Å². The number of carbonyl (C=O) groups excluding carboxylic acids is 1. The molecule has 0 saturated heterocycles. The normalized spacial score (nSPS) is 15.4. The van der Waals surface area contributed by atoms with E-state index in [2.05, 4.69) is 5.32 Å². The van der Waals surface area contributed by atoms with E-state index in [1.807, 2.05) is 24.6 Å². The number of halogens is 1. The van der Waals surface area contributed by atoms with Crippen molar-refractivity contribution in [3.63, 3.8) is 0 Å². The molecule has 112 valence electrons. The van der Waals surface area contributed by atoms with E-state index >= 15 is 0 Å². The molecule has 1 aromatic rings. The molecule has 1 aliphatic carbocycles. The molecular formula is C15H23ClN2O2. The molecule has 0 aliphatic heterocycles. The van der Waals surface area contributed by atoms with E-state index in [0.29, 0.717) is 23.3 Å². The highest BCUT2D eigenvalue weighted by Gasteiger charge is 2.30. The predicted octanol–water partition coefficient (Wildman–Crippen LogP) is 3.00. The number of aliphatic hydroxyl groups is 1. The Labute approximate surface area is 125 Å². The highest BCUT2D eigenvalue weighted by Crippen LogP contribution is 2.37. The van der Waals surface area contributed by atoms with Crippen LogP contribution in [0.2, 0.25) is 5.02 Å². The Hall–Kier alpha value is -1.00. The van der Waals surface area contributed by atoms with Gasteiger partial charge in [-0.25, -0.2) is 0 Å². The zero-order valence-corrected chi connectivity index (χ0v) is 12.9. The lowest BCUT2D eigenvalue weighted by Crippen LogP contribution is -2.39. The molecule has 20 heavy (non-hydrogen) atoms. The van der Waals surface area contributed by atoms with Gasteiger partial charge in [-0.1, -0.05) is 25.4 Å². The van der Waals surface area contributed by atoms with Gasteiger partial charge in [-0.2, -0.15) is 0 Å². The number of nitrogens with one attached hydrogen (secondary N) is 1. The molecule has 1 heterocycles. The van der Waals surface area contributed by atoms with Crippen LogP contribution in [0.3, 0.4) is 0 Å². The first-order chi connectivity index (χ1) is 9.55. The van der Waals surface area contributed by atoms with Crippen molar-refractivity contribution >= 4 is 17.5 Å². The van der Waals surface area contributed by atoms with Crippen molar-refractivity contribution in [3.05, 3.63) is 23.0 Å². The topological polar surface area (TPSA) is 54.3 Å². The van der Waals surface area contributed by atoms with Crippen LogP contribution in [0.5, 0.6) is 0 Å². The van der Waals surface area contributed by atoms with Crippen molar-refractivity contribution in [2.24, 2.45) is 5.41 Å². The Bertz CT molecular complexity index is 468. The minimum absolute atomic E-state index is 0.0880. The van der Waals surface area contributed by atoms with Crippen molar-refractivity contribution in [1.29, 1.82) is 0 Å². The first-order valence-corrected chi connectivity index (χ1v) is 7.69. The Morgan fingerprint density at radius 2 is 2.15 bits per heavy atom. The summed E-state index contributed by atoms with van der Waals surface area (Å²) in [7, 11) is 0. The Morgan fingerprint density at radius 3 is 2.65 bits per heavy atom. The van der Waals surface area contributed by atoms with Crippen LogP contribution < -0.4 is 5.32 Å². The second kappa shape index (κ2) is 6.19. The van der Waals surface area contributed by atoms with Crippen molar-refractivity contribution in [3.8, 4) is 0 Å². The fraction of sp³-hybridized carbons (Fsp3) is 0.667. The third-order valence-corrected chi connectivity index (χ3v) is 4.65. The molecule has 5 heteroatoms. The maximum Gasteiger partial charge on any atom is 0.267 e. The van der Waals surface area contributed by atoms with E-state index in [4.69, 9.17) is 11.6 Å². The fourth-order valence-corrected chi connectivity index (χ4v) is 2.63. The minimum atomic E-state index is -0.226. The number of hydrogen-bond acceptors (Lipinski definition) is 2. The van der Waals surface area contributed by atoms with Crippen molar-refractivity contribution in [1.82, 2.24) is 9.88 Å². The fourth-order valence-electron chi connectivity index (χ4n) is 2.42. The van der Waals surface area contributed by atoms with Crippen molar-refractivity contribution in [2.75, 3.05) is 13.2 Å². The van der Waals surface area contributed by atoms with Crippen LogP contribution in [0.15, 0.2) is 12.3 Å². The molecule has 1 amide bonds. The summed E-state index contributed by atoms with van der Waals surface area (Å²) < 4.78 is 1.97. The summed E-state index contributed by atoms with van der Waals surface area (Å²) in [6.07, 6.45) is 5.72. The molecule has 0 atom stereocenters. The first-order valence-electron chi connectivity index (χ1n) is 7.31. The molecule has 0 spiro atoms. The van der Waals surface area contributed by atoms with E-state index in [1.54, 1.807) is 6.07 Å². The summed E-state index contributed by atoms with van der Waals surface area (Å²) >= 11 is 6.01. The third kappa shape index (κ3) is 3.18. The highest BCUT2D eigenvalue weighted by molar-refractivity contribution is 6.31. The molecule has 1 fully saturated rings. The van der Waals surface area contributed by atoms with Gasteiger partial charge in [0.2, 0.25) is 0 Å². The summed E-state index contributed by atoms with van der Waals surface area (Å²) in [6, 6.07) is 2.14. The molecule has 0 radical (unpaired) electrons. The average Bonchev–Trinajstić information content (AvgIpc) is 3.23. The summed E-state index contributed by atoms with van der Waals surface area (Å²) in [4.78, 5) is 12.3. The Kier molecular flexibility index (Phi) is 4.76.